The van der Waals surface area contributed by atoms with Crippen molar-refractivity contribution in [3.05, 3.63) is 71.2 Å². The normalized spacial score (nSPS) is 16.2. The van der Waals surface area contributed by atoms with Crippen molar-refractivity contribution in [1.82, 2.24) is 35.0 Å². The van der Waals surface area contributed by atoms with Crippen molar-refractivity contribution in [1.29, 1.82) is 0 Å². The SMILES string of the molecule is O=C(C[C@H]1CCN(C(=O)c2nc[nH]n2)C1)Nc1ccc2cc1CCc1cncc(c1)Nc1ncc(Cl)c(n1)N2. The average Bonchev–Trinajstić information content (AvgIpc) is 3.63. The van der Waals surface area contributed by atoms with Crippen LogP contribution in [-0.4, -0.2) is 59.9 Å². The second kappa shape index (κ2) is 10.7. The lowest BCUT2D eigenvalue weighted by Crippen LogP contribution is -2.30. The summed E-state index contributed by atoms with van der Waals surface area (Å²) in [5.74, 6) is 0.753. The summed E-state index contributed by atoms with van der Waals surface area (Å²) in [5.41, 5.74) is 4.29. The van der Waals surface area contributed by atoms with Crippen LogP contribution in [0.2, 0.25) is 5.02 Å². The number of nitrogens with zero attached hydrogens (tertiary/aromatic N) is 6. The number of hydrogen-bond donors (Lipinski definition) is 4. The quantitative estimate of drug-likeness (QED) is 0.301. The van der Waals surface area contributed by atoms with Gasteiger partial charge in [-0.2, -0.15) is 4.98 Å². The molecule has 198 valence electrons. The van der Waals surface area contributed by atoms with Crippen molar-refractivity contribution in [2.24, 2.45) is 5.92 Å². The minimum absolute atomic E-state index is 0.0642. The zero-order valence-corrected chi connectivity index (χ0v) is 21.6. The fourth-order valence-corrected chi connectivity index (χ4v) is 4.99. The van der Waals surface area contributed by atoms with Crippen molar-refractivity contribution >= 4 is 52.2 Å². The van der Waals surface area contributed by atoms with E-state index in [-0.39, 0.29) is 23.6 Å². The molecule has 6 bridgehead atoms. The van der Waals surface area contributed by atoms with E-state index in [9.17, 15) is 9.59 Å². The second-order valence-electron chi connectivity index (χ2n) is 9.57. The molecule has 0 aliphatic carbocycles. The molecule has 2 aliphatic heterocycles. The van der Waals surface area contributed by atoms with Gasteiger partial charge in [-0.05, 0) is 60.6 Å². The number of aromatic amines is 1. The minimum atomic E-state index is -0.224. The van der Waals surface area contributed by atoms with Crippen LogP contribution in [0.15, 0.2) is 49.2 Å². The number of carbonyl (C=O) groups is 2. The Morgan fingerprint density at radius 3 is 2.87 bits per heavy atom. The number of aromatic nitrogens is 6. The van der Waals surface area contributed by atoms with Gasteiger partial charge >= 0.3 is 0 Å². The molecule has 1 aromatic carbocycles. The fraction of sp³-hybridized carbons (Fsp3) is 0.269. The zero-order chi connectivity index (χ0) is 26.8. The van der Waals surface area contributed by atoms with Crippen molar-refractivity contribution in [3.8, 4) is 0 Å². The maximum atomic E-state index is 13.1. The van der Waals surface area contributed by atoms with Crippen LogP contribution in [0.3, 0.4) is 0 Å². The van der Waals surface area contributed by atoms with E-state index in [0.29, 0.717) is 42.7 Å². The number of benzene rings is 1. The maximum Gasteiger partial charge on any atom is 0.293 e. The van der Waals surface area contributed by atoms with Gasteiger partial charge in [-0.15, -0.1) is 5.10 Å². The summed E-state index contributed by atoms with van der Waals surface area (Å²) in [5, 5.41) is 16.3. The molecule has 6 rings (SSSR count). The van der Waals surface area contributed by atoms with E-state index >= 15 is 0 Å². The Hall–Kier alpha value is -4.58. The second-order valence-corrected chi connectivity index (χ2v) is 9.98. The first kappa shape index (κ1) is 24.7. The van der Waals surface area contributed by atoms with Crippen LogP contribution in [-0.2, 0) is 17.6 Å². The van der Waals surface area contributed by atoms with E-state index < -0.39 is 0 Å². The van der Waals surface area contributed by atoms with Gasteiger partial charge in [0, 0.05) is 37.1 Å². The molecule has 1 saturated heterocycles. The number of carbonyl (C=O) groups excluding carboxylic acids is 2. The highest BCUT2D eigenvalue weighted by molar-refractivity contribution is 6.32. The van der Waals surface area contributed by atoms with Crippen LogP contribution in [0.5, 0.6) is 0 Å². The molecule has 0 spiro atoms. The first-order valence-corrected chi connectivity index (χ1v) is 13.0. The molecular formula is C26H25ClN10O2. The lowest BCUT2D eigenvalue weighted by Gasteiger charge is -2.16. The zero-order valence-electron chi connectivity index (χ0n) is 20.8. The van der Waals surface area contributed by atoms with Gasteiger partial charge in [0.15, 0.2) is 5.82 Å². The predicted molar refractivity (Wildman–Crippen MR) is 145 cm³/mol. The Morgan fingerprint density at radius 1 is 1.08 bits per heavy atom. The van der Waals surface area contributed by atoms with Gasteiger partial charge < -0.3 is 20.9 Å². The third-order valence-electron chi connectivity index (χ3n) is 6.77. The maximum absolute atomic E-state index is 13.1. The average molecular weight is 545 g/mol. The summed E-state index contributed by atoms with van der Waals surface area (Å²) in [6.45, 7) is 1.07. The van der Waals surface area contributed by atoms with E-state index in [1.807, 2.05) is 30.5 Å². The first-order chi connectivity index (χ1) is 19.0. The number of halogens is 1. The van der Waals surface area contributed by atoms with Crippen molar-refractivity contribution < 1.29 is 9.59 Å². The molecule has 0 unspecified atom stereocenters. The van der Waals surface area contributed by atoms with Crippen LogP contribution < -0.4 is 16.0 Å². The third kappa shape index (κ3) is 5.65. The number of nitrogens with one attached hydrogen (secondary N) is 4. The number of hydrogen-bond acceptors (Lipinski definition) is 9. The van der Waals surface area contributed by atoms with Crippen LogP contribution in [0.4, 0.5) is 28.8 Å². The Morgan fingerprint density at radius 2 is 2.00 bits per heavy atom. The van der Waals surface area contributed by atoms with Crippen molar-refractivity contribution in [3.63, 3.8) is 0 Å². The molecule has 2 amide bonds. The van der Waals surface area contributed by atoms with E-state index in [0.717, 1.165) is 41.0 Å². The van der Waals surface area contributed by atoms with Gasteiger partial charge in [0.25, 0.3) is 5.91 Å². The van der Waals surface area contributed by atoms with Crippen molar-refractivity contribution in [2.75, 3.05) is 29.0 Å². The molecule has 5 heterocycles. The van der Waals surface area contributed by atoms with Crippen molar-refractivity contribution in [2.45, 2.75) is 25.7 Å². The van der Waals surface area contributed by atoms with Crippen LogP contribution in [0.25, 0.3) is 0 Å². The monoisotopic (exact) mass is 544 g/mol. The smallest absolute Gasteiger partial charge is 0.293 e. The van der Waals surface area contributed by atoms with E-state index in [4.69, 9.17) is 11.6 Å². The summed E-state index contributed by atoms with van der Waals surface area (Å²) in [4.78, 5) is 44.3. The lowest BCUT2D eigenvalue weighted by atomic mass is 10.0. The number of likely N-dealkylation sites (tertiary alicyclic amines) is 1. The third-order valence-corrected chi connectivity index (χ3v) is 7.05. The molecule has 2 aliphatic rings. The van der Waals surface area contributed by atoms with Gasteiger partial charge in [0.05, 0.1) is 18.1 Å². The number of fused-ring (bicyclic) bond motifs is 6. The lowest BCUT2D eigenvalue weighted by molar-refractivity contribution is -0.117. The standard InChI is InChI=1S/C26H25ClN10O2/c27-20-12-29-26-33-19-7-15(10-28-11-19)1-2-17-9-18(32-23(20)35-26)3-4-21(17)34-22(38)8-16-5-6-37(13-16)25(39)24-30-14-31-36-24/h3-4,7,9-12,14,16H,1-2,5-6,8,13H2,(H,34,38)(H,30,31,36)(H2,29,32,33,35)/t16-/m1/s1. The summed E-state index contributed by atoms with van der Waals surface area (Å²) in [6, 6.07) is 7.75. The number of pyridine rings is 1. The van der Waals surface area contributed by atoms with E-state index in [1.54, 1.807) is 11.1 Å². The Kier molecular flexibility index (Phi) is 6.76. The molecule has 4 N–H and O–H groups in total. The molecule has 3 aromatic heterocycles. The summed E-state index contributed by atoms with van der Waals surface area (Å²) >= 11 is 6.36. The molecular weight excluding hydrogens is 520 g/mol. The van der Waals surface area contributed by atoms with Gasteiger partial charge in [-0.3, -0.25) is 19.7 Å². The predicted octanol–water partition coefficient (Wildman–Crippen LogP) is 3.72. The molecule has 1 atom stereocenters. The fourth-order valence-electron chi connectivity index (χ4n) is 4.85. The molecule has 0 radical (unpaired) electrons. The van der Waals surface area contributed by atoms with Crippen LogP contribution in [0, 0.1) is 5.92 Å². The molecule has 0 saturated carbocycles. The number of aryl methyl sites for hydroxylation is 2. The van der Waals surface area contributed by atoms with Crippen LogP contribution in [0.1, 0.15) is 34.6 Å². The Balaban J connectivity index is 1.19. The van der Waals surface area contributed by atoms with E-state index in [1.165, 1.54) is 12.5 Å². The Labute approximate surface area is 228 Å². The largest absolute Gasteiger partial charge is 0.339 e. The van der Waals surface area contributed by atoms with Gasteiger partial charge in [-0.1, -0.05) is 11.6 Å². The highest BCUT2D eigenvalue weighted by atomic mass is 35.5. The van der Waals surface area contributed by atoms with Gasteiger partial charge in [-0.25, -0.2) is 9.97 Å². The molecule has 12 nitrogen and oxygen atoms in total. The molecule has 1 fully saturated rings. The number of anilines is 5. The topological polar surface area (TPSA) is 154 Å². The number of H-pyrrole nitrogens is 1. The number of rotatable bonds is 4. The highest BCUT2D eigenvalue weighted by Gasteiger charge is 2.30. The summed E-state index contributed by atoms with van der Waals surface area (Å²) in [7, 11) is 0. The van der Waals surface area contributed by atoms with Crippen LogP contribution >= 0.6 is 11.6 Å². The van der Waals surface area contributed by atoms with Gasteiger partial charge in [0.1, 0.15) is 11.3 Å². The highest BCUT2D eigenvalue weighted by Crippen LogP contribution is 2.30. The molecule has 39 heavy (non-hydrogen) atoms. The Bertz CT molecular complexity index is 1530. The van der Waals surface area contributed by atoms with Gasteiger partial charge in [0.2, 0.25) is 17.7 Å². The van der Waals surface area contributed by atoms with E-state index in [2.05, 4.69) is 46.1 Å². The summed E-state index contributed by atoms with van der Waals surface area (Å²) < 4.78 is 0. The number of amides is 2. The molecule has 13 heteroatoms. The minimum Gasteiger partial charge on any atom is -0.339 e. The summed E-state index contributed by atoms with van der Waals surface area (Å²) in [6.07, 6.45) is 8.91. The first-order valence-electron chi connectivity index (χ1n) is 12.6. The molecule has 4 aromatic rings.